The molecule has 2 N–H and O–H groups in total. The minimum atomic E-state index is -1.21. The Bertz CT molecular complexity index is 560. The Hall–Kier alpha value is -1.20. The highest BCUT2D eigenvalue weighted by Crippen LogP contribution is 2.18. The number of pyridine rings is 1. The first-order chi connectivity index (χ1) is 8.16. The minimum Gasteiger partial charge on any atom is -0.396 e. The summed E-state index contributed by atoms with van der Waals surface area (Å²) < 4.78 is 13.1. The van der Waals surface area contributed by atoms with Crippen molar-refractivity contribution in [3.63, 3.8) is 0 Å². The summed E-state index contributed by atoms with van der Waals surface area (Å²) in [6, 6.07) is 11.2. The number of nitrogens with two attached hydrogens (primary N) is 1. The molecule has 2 aromatic rings. The van der Waals surface area contributed by atoms with E-state index < -0.39 is 10.8 Å². The van der Waals surface area contributed by atoms with Gasteiger partial charge in [0.15, 0.2) is 0 Å². The Morgan fingerprint density at radius 1 is 1.29 bits per heavy atom. The number of aromatic nitrogens is 1. The van der Waals surface area contributed by atoms with E-state index in [2.05, 4.69) is 20.9 Å². The molecule has 1 aromatic heterocycles. The summed E-state index contributed by atoms with van der Waals surface area (Å²) in [4.78, 5) is 4.06. The van der Waals surface area contributed by atoms with Crippen LogP contribution in [0.25, 0.3) is 0 Å². The summed E-state index contributed by atoms with van der Waals surface area (Å²) >= 11 is 3.38. The van der Waals surface area contributed by atoms with Gasteiger partial charge in [-0.1, -0.05) is 28.1 Å². The molecule has 1 atom stereocenters. The predicted molar refractivity (Wildman–Crippen MR) is 72.9 cm³/mol. The third-order valence-corrected chi connectivity index (χ3v) is 4.06. The van der Waals surface area contributed by atoms with Crippen LogP contribution < -0.4 is 5.73 Å². The van der Waals surface area contributed by atoms with Crippen LogP contribution in [0, 0.1) is 0 Å². The van der Waals surface area contributed by atoms with Gasteiger partial charge in [0.05, 0.1) is 22.2 Å². The monoisotopic (exact) mass is 310 g/mol. The van der Waals surface area contributed by atoms with Crippen LogP contribution in [0.3, 0.4) is 0 Å². The standard InChI is InChI=1S/C12H11BrN2OS/c13-10-4-1-3-9(7-10)8-17(16)12-11(14)5-2-6-15-12/h1-7H,8,14H2. The van der Waals surface area contributed by atoms with Crippen molar-refractivity contribution in [3.05, 3.63) is 52.6 Å². The maximum absolute atomic E-state index is 12.1. The van der Waals surface area contributed by atoms with Crippen molar-refractivity contribution in [2.45, 2.75) is 10.8 Å². The molecule has 0 spiro atoms. The lowest BCUT2D eigenvalue weighted by atomic mass is 10.2. The molecule has 17 heavy (non-hydrogen) atoms. The Morgan fingerprint density at radius 3 is 2.82 bits per heavy atom. The lowest BCUT2D eigenvalue weighted by Crippen LogP contribution is -2.03. The van der Waals surface area contributed by atoms with E-state index in [1.165, 1.54) is 0 Å². The van der Waals surface area contributed by atoms with Crippen molar-refractivity contribution in [2.24, 2.45) is 0 Å². The highest BCUT2D eigenvalue weighted by Gasteiger charge is 2.09. The van der Waals surface area contributed by atoms with Gasteiger partial charge in [0, 0.05) is 10.7 Å². The van der Waals surface area contributed by atoms with Crippen LogP contribution in [0.15, 0.2) is 52.1 Å². The van der Waals surface area contributed by atoms with Gasteiger partial charge in [0.1, 0.15) is 5.03 Å². The summed E-state index contributed by atoms with van der Waals surface area (Å²) in [5, 5.41) is 0.451. The molecule has 3 nitrogen and oxygen atoms in total. The number of nitrogen functional groups attached to an aromatic ring is 1. The van der Waals surface area contributed by atoms with Crippen LogP contribution >= 0.6 is 15.9 Å². The molecule has 0 bridgehead atoms. The molecule has 0 saturated heterocycles. The fraction of sp³-hybridized carbons (Fsp3) is 0.0833. The summed E-state index contributed by atoms with van der Waals surface area (Å²) in [6.45, 7) is 0. The quantitative estimate of drug-likeness (QED) is 0.948. The third kappa shape index (κ3) is 3.14. The number of rotatable bonds is 3. The first-order valence-corrected chi connectivity index (χ1v) is 7.11. The van der Waals surface area contributed by atoms with E-state index in [1.54, 1.807) is 18.3 Å². The van der Waals surface area contributed by atoms with Gasteiger partial charge in [-0.15, -0.1) is 0 Å². The molecule has 0 amide bonds. The average Bonchev–Trinajstić information content (AvgIpc) is 2.29. The van der Waals surface area contributed by atoms with Crippen molar-refractivity contribution < 1.29 is 4.21 Å². The molecule has 88 valence electrons. The van der Waals surface area contributed by atoms with Gasteiger partial charge in [-0.25, -0.2) is 4.98 Å². The Morgan fingerprint density at radius 2 is 2.12 bits per heavy atom. The van der Waals surface area contributed by atoms with Crippen molar-refractivity contribution in [3.8, 4) is 0 Å². The van der Waals surface area contributed by atoms with E-state index in [4.69, 9.17) is 5.73 Å². The van der Waals surface area contributed by atoms with Gasteiger partial charge >= 0.3 is 0 Å². The molecule has 1 aromatic carbocycles. The van der Waals surface area contributed by atoms with E-state index in [0.717, 1.165) is 10.0 Å². The van der Waals surface area contributed by atoms with E-state index in [-0.39, 0.29) is 0 Å². The Labute approximate surface area is 111 Å². The first-order valence-electron chi connectivity index (χ1n) is 5.00. The number of halogens is 1. The lowest BCUT2D eigenvalue weighted by molar-refractivity contribution is 0.680. The van der Waals surface area contributed by atoms with E-state index in [1.807, 2.05) is 24.3 Å². The molecule has 0 aliphatic heterocycles. The number of anilines is 1. The van der Waals surface area contributed by atoms with Gasteiger partial charge in [0.25, 0.3) is 0 Å². The number of hydrogen-bond acceptors (Lipinski definition) is 3. The zero-order valence-electron chi connectivity index (χ0n) is 8.97. The minimum absolute atomic E-state index is 0.417. The SMILES string of the molecule is Nc1cccnc1S(=O)Cc1cccc(Br)c1. The van der Waals surface area contributed by atoms with Crippen LogP contribution in [0.2, 0.25) is 0 Å². The molecule has 0 aliphatic carbocycles. The molecule has 0 aliphatic rings. The second-order valence-electron chi connectivity index (χ2n) is 3.52. The highest BCUT2D eigenvalue weighted by molar-refractivity contribution is 9.10. The third-order valence-electron chi connectivity index (χ3n) is 2.20. The molecule has 1 unspecified atom stereocenters. The molecule has 0 saturated carbocycles. The lowest BCUT2D eigenvalue weighted by Gasteiger charge is -2.04. The number of nitrogens with zero attached hydrogens (tertiary/aromatic N) is 1. The summed E-state index contributed by atoms with van der Waals surface area (Å²) in [5.41, 5.74) is 7.20. The van der Waals surface area contributed by atoms with Crippen LogP contribution in [-0.4, -0.2) is 9.19 Å². The molecule has 1 heterocycles. The molecular weight excluding hydrogens is 300 g/mol. The zero-order chi connectivity index (χ0) is 12.3. The van der Waals surface area contributed by atoms with Gasteiger partial charge in [-0.05, 0) is 29.8 Å². The number of hydrogen-bond donors (Lipinski definition) is 1. The molecule has 2 rings (SSSR count). The van der Waals surface area contributed by atoms with E-state index in [9.17, 15) is 4.21 Å². The van der Waals surface area contributed by atoms with Crippen LogP contribution in [0.4, 0.5) is 5.69 Å². The van der Waals surface area contributed by atoms with Gasteiger partial charge in [-0.3, -0.25) is 4.21 Å². The van der Waals surface area contributed by atoms with Crippen LogP contribution in [0.1, 0.15) is 5.56 Å². The fourth-order valence-electron chi connectivity index (χ4n) is 1.44. The molecule has 0 fully saturated rings. The summed E-state index contributed by atoms with van der Waals surface area (Å²) in [6.07, 6.45) is 1.60. The van der Waals surface area contributed by atoms with Crippen LogP contribution in [-0.2, 0) is 16.6 Å². The summed E-state index contributed by atoms with van der Waals surface area (Å²) in [5.74, 6) is 0.417. The smallest absolute Gasteiger partial charge is 0.150 e. The fourth-order valence-corrected chi connectivity index (χ4v) is 3.02. The molecular formula is C12H11BrN2OS. The maximum Gasteiger partial charge on any atom is 0.150 e. The second kappa shape index (κ2) is 5.42. The Kier molecular flexibility index (Phi) is 3.91. The van der Waals surface area contributed by atoms with Gasteiger partial charge < -0.3 is 5.73 Å². The highest BCUT2D eigenvalue weighted by atomic mass is 79.9. The second-order valence-corrected chi connectivity index (χ2v) is 5.80. The van der Waals surface area contributed by atoms with Crippen molar-refractivity contribution in [2.75, 3.05) is 5.73 Å². The topological polar surface area (TPSA) is 56.0 Å². The normalized spacial score (nSPS) is 12.3. The van der Waals surface area contributed by atoms with E-state index >= 15 is 0 Å². The van der Waals surface area contributed by atoms with Crippen molar-refractivity contribution >= 4 is 32.4 Å². The van der Waals surface area contributed by atoms with Gasteiger partial charge in [0.2, 0.25) is 0 Å². The van der Waals surface area contributed by atoms with Crippen molar-refractivity contribution in [1.29, 1.82) is 0 Å². The van der Waals surface area contributed by atoms with Crippen molar-refractivity contribution in [1.82, 2.24) is 4.98 Å². The van der Waals surface area contributed by atoms with Gasteiger partial charge in [-0.2, -0.15) is 0 Å². The van der Waals surface area contributed by atoms with E-state index in [0.29, 0.717) is 16.5 Å². The zero-order valence-corrected chi connectivity index (χ0v) is 11.4. The predicted octanol–water partition coefficient (Wildman–Crippen LogP) is 2.73. The molecule has 0 radical (unpaired) electrons. The number of benzene rings is 1. The molecule has 5 heteroatoms. The average molecular weight is 311 g/mol. The first kappa shape index (κ1) is 12.3. The Balaban J connectivity index is 2.20. The maximum atomic E-state index is 12.1. The largest absolute Gasteiger partial charge is 0.396 e. The van der Waals surface area contributed by atoms with Crippen LogP contribution in [0.5, 0.6) is 0 Å². The summed E-state index contributed by atoms with van der Waals surface area (Å²) in [7, 11) is -1.21.